The van der Waals surface area contributed by atoms with Crippen LogP contribution < -0.4 is 10.6 Å². The molecule has 7 nitrogen and oxygen atoms in total. The Morgan fingerprint density at radius 2 is 1.56 bits per heavy atom. The van der Waals surface area contributed by atoms with Crippen molar-refractivity contribution in [3.05, 3.63) is 59.7 Å². The van der Waals surface area contributed by atoms with E-state index in [0.29, 0.717) is 13.0 Å². The Bertz CT molecular complexity index is 974. The van der Waals surface area contributed by atoms with Crippen LogP contribution in [0.3, 0.4) is 0 Å². The van der Waals surface area contributed by atoms with Crippen molar-refractivity contribution in [1.82, 2.24) is 10.6 Å². The maximum atomic E-state index is 12.6. The molecule has 2 atom stereocenters. The number of carbonyl (C=O) groups is 3. The van der Waals surface area contributed by atoms with Crippen LogP contribution in [0.1, 0.15) is 57.1 Å². The molecule has 2 aromatic carbocycles. The van der Waals surface area contributed by atoms with Crippen LogP contribution in [0.5, 0.6) is 0 Å². The van der Waals surface area contributed by atoms with E-state index in [1.54, 1.807) is 0 Å². The number of benzene rings is 2. The molecular formula is C27H34N2O5. The van der Waals surface area contributed by atoms with Crippen molar-refractivity contribution in [3.63, 3.8) is 0 Å². The second kappa shape index (κ2) is 11.7. The number of alkyl carbamates (subject to hydrolysis) is 1. The lowest BCUT2D eigenvalue weighted by atomic mass is 9.98. The quantitative estimate of drug-likeness (QED) is 0.450. The predicted octanol–water partition coefficient (Wildman–Crippen LogP) is 4.56. The number of fused-ring (bicyclic) bond motifs is 3. The number of carboxylic acid groups (broad SMARTS) is 1. The first-order valence-corrected chi connectivity index (χ1v) is 11.9. The highest BCUT2D eigenvalue weighted by Gasteiger charge is 2.29. The summed E-state index contributed by atoms with van der Waals surface area (Å²) in [6.07, 6.45) is 0.173. The fraction of sp³-hybridized carbons (Fsp3) is 0.444. The van der Waals surface area contributed by atoms with E-state index >= 15 is 0 Å². The topological polar surface area (TPSA) is 105 Å². The maximum absolute atomic E-state index is 12.6. The van der Waals surface area contributed by atoms with Gasteiger partial charge in [0.05, 0.1) is 0 Å². The average molecular weight is 467 g/mol. The van der Waals surface area contributed by atoms with Crippen LogP contribution in [0.25, 0.3) is 11.1 Å². The van der Waals surface area contributed by atoms with Gasteiger partial charge in [0, 0.05) is 31.3 Å². The number of nitrogens with one attached hydrogen (secondary N) is 2. The lowest BCUT2D eigenvalue weighted by molar-refractivity contribution is -0.137. The van der Waals surface area contributed by atoms with Crippen LogP contribution in [-0.4, -0.2) is 42.3 Å². The summed E-state index contributed by atoms with van der Waals surface area (Å²) in [6.45, 7) is 6.41. The Hall–Kier alpha value is -3.35. The van der Waals surface area contributed by atoms with Gasteiger partial charge >= 0.3 is 12.1 Å². The first kappa shape index (κ1) is 25.3. The summed E-state index contributed by atoms with van der Waals surface area (Å²) >= 11 is 0. The molecular weight excluding hydrogens is 432 g/mol. The third kappa shape index (κ3) is 6.59. The molecule has 2 amide bonds. The minimum atomic E-state index is -0.842. The Morgan fingerprint density at radius 3 is 2.12 bits per heavy atom. The zero-order valence-corrected chi connectivity index (χ0v) is 20.0. The number of carboxylic acids is 1. The molecule has 0 radical (unpaired) electrons. The second-order valence-electron chi connectivity index (χ2n) is 9.37. The van der Waals surface area contributed by atoms with Gasteiger partial charge in [-0.2, -0.15) is 0 Å². The number of amides is 2. The Morgan fingerprint density at radius 1 is 0.971 bits per heavy atom. The van der Waals surface area contributed by atoms with Crippen molar-refractivity contribution in [1.29, 1.82) is 0 Å². The predicted molar refractivity (Wildman–Crippen MR) is 130 cm³/mol. The van der Waals surface area contributed by atoms with E-state index in [9.17, 15) is 14.4 Å². The van der Waals surface area contributed by atoms with Gasteiger partial charge in [-0.1, -0.05) is 69.3 Å². The number of ether oxygens (including phenoxy) is 1. The van der Waals surface area contributed by atoms with E-state index < -0.39 is 12.1 Å². The molecule has 0 saturated heterocycles. The fourth-order valence-corrected chi connectivity index (χ4v) is 4.28. The van der Waals surface area contributed by atoms with Gasteiger partial charge in [-0.15, -0.1) is 0 Å². The summed E-state index contributed by atoms with van der Waals surface area (Å²) in [7, 11) is 0. The van der Waals surface area contributed by atoms with Crippen molar-refractivity contribution >= 4 is 18.0 Å². The zero-order chi connectivity index (χ0) is 24.7. The highest BCUT2D eigenvalue weighted by Crippen LogP contribution is 2.44. The molecule has 34 heavy (non-hydrogen) atoms. The molecule has 0 spiro atoms. The number of rotatable bonds is 11. The summed E-state index contributed by atoms with van der Waals surface area (Å²) in [5.74, 6) is -0.945. The number of aliphatic carboxylic acids is 1. The van der Waals surface area contributed by atoms with Gasteiger partial charge in [-0.25, -0.2) is 4.79 Å². The minimum Gasteiger partial charge on any atom is -0.481 e. The van der Waals surface area contributed by atoms with Gasteiger partial charge in [0.2, 0.25) is 5.91 Å². The molecule has 0 aromatic heterocycles. The van der Waals surface area contributed by atoms with E-state index in [1.165, 1.54) is 11.1 Å². The van der Waals surface area contributed by atoms with Gasteiger partial charge < -0.3 is 20.5 Å². The lowest BCUT2D eigenvalue weighted by Gasteiger charge is -2.23. The zero-order valence-electron chi connectivity index (χ0n) is 20.0. The number of hydrogen-bond donors (Lipinski definition) is 3. The number of carbonyl (C=O) groups excluding carboxylic acids is 2. The molecule has 2 aromatic rings. The van der Waals surface area contributed by atoms with Crippen LogP contribution >= 0.6 is 0 Å². The summed E-state index contributed by atoms with van der Waals surface area (Å²) in [5.41, 5.74) is 4.63. The summed E-state index contributed by atoms with van der Waals surface area (Å²) in [5, 5.41) is 14.5. The molecule has 1 aliphatic carbocycles. The Balaban J connectivity index is 1.52. The molecule has 7 heteroatoms. The molecule has 0 aliphatic heterocycles. The lowest BCUT2D eigenvalue weighted by Crippen LogP contribution is -2.43. The molecule has 182 valence electrons. The minimum absolute atomic E-state index is 0.0220. The van der Waals surface area contributed by atoms with E-state index in [2.05, 4.69) is 34.9 Å². The van der Waals surface area contributed by atoms with Crippen LogP contribution in [-0.2, 0) is 14.3 Å². The molecule has 3 rings (SSSR count). The monoisotopic (exact) mass is 466 g/mol. The van der Waals surface area contributed by atoms with E-state index in [0.717, 1.165) is 11.1 Å². The molecule has 0 heterocycles. The van der Waals surface area contributed by atoms with E-state index in [1.807, 2.05) is 45.0 Å². The maximum Gasteiger partial charge on any atom is 0.407 e. The van der Waals surface area contributed by atoms with Gasteiger partial charge in [-0.05, 0) is 40.5 Å². The van der Waals surface area contributed by atoms with Crippen molar-refractivity contribution in [2.75, 3.05) is 13.2 Å². The second-order valence-corrected chi connectivity index (χ2v) is 9.37. The molecule has 0 bridgehead atoms. The third-order valence-corrected chi connectivity index (χ3v) is 6.36. The Labute approximate surface area is 200 Å². The Kier molecular flexibility index (Phi) is 8.68. The standard InChI is InChI=1S/C27H34N2O5/c1-17(2)24(14-25(30)28-15-18(3)12-13-26(31)32)29-27(33)34-16-23-21-10-6-4-8-19(21)20-9-5-7-11-22(20)23/h4-11,17-18,23-24H,12-16H2,1-3H3,(H,28,30)(H,29,33)(H,31,32). The fourth-order valence-electron chi connectivity index (χ4n) is 4.28. The first-order valence-electron chi connectivity index (χ1n) is 11.9. The van der Waals surface area contributed by atoms with Gasteiger partial charge in [-0.3, -0.25) is 9.59 Å². The molecule has 3 N–H and O–H groups in total. The summed E-state index contributed by atoms with van der Waals surface area (Å²) in [6, 6.07) is 16.0. The van der Waals surface area contributed by atoms with E-state index in [-0.39, 0.29) is 49.2 Å². The highest BCUT2D eigenvalue weighted by atomic mass is 16.5. The van der Waals surface area contributed by atoms with Crippen LogP contribution in [0.2, 0.25) is 0 Å². The van der Waals surface area contributed by atoms with Crippen molar-refractivity contribution in [2.45, 2.75) is 52.0 Å². The number of hydrogen-bond acceptors (Lipinski definition) is 4. The van der Waals surface area contributed by atoms with Gasteiger partial charge in [0.1, 0.15) is 6.61 Å². The average Bonchev–Trinajstić information content (AvgIpc) is 3.13. The largest absolute Gasteiger partial charge is 0.481 e. The molecule has 2 unspecified atom stereocenters. The molecule has 0 saturated carbocycles. The first-order chi connectivity index (χ1) is 16.3. The van der Waals surface area contributed by atoms with Gasteiger partial charge in [0.15, 0.2) is 0 Å². The highest BCUT2D eigenvalue weighted by molar-refractivity contribution is 5.79. The summed E-state index contributed by atoms with van der Waals surface area (Å²) in [4.78, 5) is 35.7. The van der Waals surface area contributed by atoms with Crippen LogP contribution in [0.4, 0.5) is 4.79 Å². The van der Waals surface area contributed by atoms with Crippen molar-refractivity contribution in [2.24, 2.45) is 11.8 Å². The van der Waals surface area contributed by atoms with Gasteiger partial charge in [0.25, 0.3) is 0 Å². The van der Waals surface area contributed by atoms with Crippen LogP contribution in [0.15, 0.2) is 48.5 Å². The van der Waals surface area contributed by atoms with E-state index in [4.69, 9.17) is 9.84 Å². The molecule has 1 aliphatic rings. The normalized spacial score (nSPS) is 14.1. The smallest absolute Gasteiger partial charge is 0.407 e. The summed E-state index contributed by atoms with van der Waals surface area (Å²) < 4.78 is 5.62. The van der Waals surface area contributed by atoms with Crippen molar-refractivity contribution in [3.8, 4) is 11.1 Å². The van der Waals surface area contributed by atoms with Crippen LogP contribution in [0, 0.1) is 11.8 Å². The third-order valence-electron chi connectivity index (χ3n) is 6.36. The molecule has 0 fully saturated rings. The van der Waals surface area contributed by atoms with Crippen molar-refractivity contribution < 1.29 is 24.2 Å². The SMILES string of the molecule is CC(CCC(=O)O)CNC(=O)CC(NC(=O)OCC1c2ccccc2-c2ccccc21)C(C)C.